The van der Waals surface area contributed by atoms with Crippen molar-refractivity contribution in [3.8, 4) is 0 Å². The molecule has 0 saturated carbocycles. The Labute approximate surface area is 200 Å². The van der Waals surface area contributed by atoms with Gasteiger partial charge in [-0.2, -0.15) is 0 Å². The van der Waals surface area contributed by atoms with Crippen molar-refractivity contribution in [3.05, 3.63) is 90.2 Å². The summed E-state index contributed by atoms with van der Waals surface area (Å²) < 4.78 is 0. The van der Waals surface area contributed by atoms with Crippen molar-refractivity contribution in [2.75, 3.05) is 23.3 Å². The number of nitrogens with zero attached hydrogens (tertiary/aromatic N) is 2. The van der Waals surface area contributed by atoms with E-state index in [-0.39, 0.29) is 11.8 Å². The van der Waals surface area contributed by atoms with E-state index in [0.29, 0.717) is 0 Å². The van der Waals surface area contributed by atoms with Crippen molar-refractivity contribution >= 4 is 39.8 Å². The lowest BCUT2D eigenvalue weighted by Gasteiger charge is -2.34. The number of aryl methyl sites for hydroxylation is 1. The highest BCUT2D eigenvalue weighted by Crippen LogP contribution is 2.34. The van der Waals surface area contributed by atoms with Crippen LogP contribution in [0.5, 0.6) is 0 Å². The van der Waals surface area contributed by atoms with Gasteiger partial charge in [0.1, 0.15) is 0 Å². The highest BCUT2D eigenvalue weighted by atomic mass is 35.5. The third kappa shape index (κ3) is 4.40. The quantitative estimate of drug-likeness (QED) is 0.353. The Morgan fingerprint density at radius 2 is 1.88 bits per heavy atom. The molecule has 1 fully saturated rings. The zero-order valence-electron chi connectivity index (χ0n) is 18.8. The molecule has 2 aromatic carbocycles. The molecule has 0 atom stereocenters. The van der Waals surface area contributed by atoms with E-state index >= 15 is 0 Å². The van der Waals surface area contributed by atoms with Crippen molar-refractivity contribution in [1.29, 1.82) is 0 Å². The average molecular weight is 458 g/mol. The van der Waals surface area contributed by atoms with Crippen LogP contribution in [0.15, 0.2) is 78.9 Å². The third-order valence-electron chi connectivity index (χ3n) is 6.43. The van der Waals surface area contributed by atoms with Crippen LogP contribution >= 0.6 is 11.6 Å². The molecule has 1 amide bonds. The number of carbonyl (C=O) groups is 1. The molecule has 33 heavy (non-hydrogen) atoms. The summed E-state index contributed by atoms with van der Waals surface area (Å²) in [7, 11) is 0. The van der Waals surface area contributed by atoms with Gasteiger partial charge < -0.3 is 10.2 Å². The summed E-state index contributed by atoms with van der Waals surface area (Å²) in [5, 5.41) is 4.09. The normalized spacial score (nSPS) is 21.8. The molecule has 168 valence electrons. The number of rotatable bonds is 6. The van der Waals surface area contributed by atoms with Gasteiger partial charge in [0.05, 0.1) is 5.52 Å². The largest absolute Gasteiger partial charge is 0.371 e. The summed E-state index contributed by atoms with van der Waals surface area (Å²) in [6.07, 6.45) is 10.8. The second-order valence-corrected chi connectivity index (χ2v) is 9.46. The first kappa shape index (κ1) is 21.7. The van der Waals surface area contributed by atoms with Gasteiger partial charge in [0.2, 0.25) is 0 Å². The van der Waals surface area contributed by atoms with Crippen LogP contribution in [0.3, 0.4) is 0 Å². The smallest absolute Gasteiger partial charge is 0.253 e. The fourth-order valence-electron chi connectivity index (χ4n) is 4.42. The number of fused-ring (bicyclic) bond motifs is 1. The highest BCUT2D eigenvalue weighted by Gasteiger charge is 2.33. The van der Waals surface area contributed by atoms with E-state index in [4.69, 9.17) is 16.6 Å². The summed E-state index contributed by atoms with van der Waals surface area (Å²) >= 11 is 6.71. The summed E-state index contributed by atoms with van der Waals surface area (Å²) in [5.41, 5.74) is 5.19. The Balaban J connectivity index is 1.38. The first-order valence-electron chi connectivity index (χ1n) is 11.7. The van der Waals surface area contributed by atoms with Crippen molar-refractivity contribution in [1.82, 2.24) is 4.98 Å². The van der Waals surface area contributed by atoms with Crippen LogP contribution < -0.4 is 10.2 Å². The molecule has 0 bridgehead atoms. The summed E-state index contributed by atoms with van der Waals surface area (Å²) in [5.74, 6) is -0.141. The molecule has 1 saturated heterocycles. The van der Waals surface area contributed by atoms with Crippen LogP contribution in [0.1, 0.15) is 36.9 Å². The molecule has 5 rings (SSSR count). The van der Waals surface area contributed by atoms with E-state index in [1.54, 1.807) is 12.2 Å². The van der Waals surface area contributed by atoms with Gasteiger partial charge >= 0.3 is 0 Å². The first-order valence-corrected chi connectivity index (χ1v) is 12.1. The van der Waals surface area contributed by atoms with E-state index in [2.05, 4.69) is 35.3 Å². The van der Waals surface area contributed by atoms with Crippen molar-refractivity contribution in [2.45, 2.75) is 37.0 Å². The van der Waals surface area contributed by atoms with E-state index in [1.165, 1.54) is 17.7 Å². The molecular weight excluding hydrogens is 430 g/mol. The van der Waals surface area contributed by atoms with Crippen LogP contribution in [-0.2, 0) is 11.2 Å². The van der Waals surface area contributed by atoms with Crippen LogP contribution in [0.4, 0.5) is 11.4 Å². The minimum Gasteiger partial charge on any atom is -0.371 e. The highest BCUT2D eigenvalue weighted by molar-refractivity contribution is 6.39. The summed E-state index contributed by atoms with van der Waals surface area (Å²) in [4.78, 5) is 19.1. The lowest BCUT2D eigenvalue weighted by Crippen LogP contribution is -2.37. The molecule has 0 unspecified atom stereocenters. The number of hydrogen-bond donors (Lipinski definition) is 1. The SMILES string of the molecule is CCCc1cc(N2CCC2)c2cc(NC(=O)C3(Cl)C=CC(c4ccccc4)C=C3)ccc2n1. The van der Waals surface area contributed by atoms with Gasteiger partial charge in [-0.15, -0.1) is 0 Å². The molecule has 2 aliphatic rings. The van der Waals surface area contributed by atoms with Crippen molar-refractivity contribution in [2.24, 2.45) is 0 Å². The van der Waals surface area contributed by atoms with Crippen LogP contribution in [-0.4, -0.2) is 28.9 Å². The maximum Gasteiger partial charge on any atom is 0.253 e. The molecule has 1 aromatic heterocycles. The van der Waals surface area contributed by atoms with E-state index < -0.39 is 4.87 Å². The molecular formula is C28H28ClN3O. The van der Waals surface area contributed by atoms with Gasteiger partial charge in [0.15, 0.2) is 4.87 Å². The number of benzene rings is 2. The van der Waals surface area contributed by atoms with E-state index in [9.17, 15) is 4.79 Å². The summed E-state index contributed by atoms with van der Waals surface area (Å²) in [6, 6.07) is 18.3. The third-order valence-corrected chi connectivity index (χ3v) is 6.85. The minimum absolute atomic E-state index is 0.119. The monoisotopic (exact) mass is 457 g/mol. The standard InChI is InChI=1S/C28H28ClN3O/c1-2-7-22-19-26(32-16-6-17-32)24-18-23(10-11-25(24)30-22)31-27(33)28(29)14-12-21(13-15-28)20-8-4-3-5-9-20/h3-5,8-15,18-19,21H,2,6-7,16-17H2,1H3,(H,31,33). The molecule has 1 aliphatic heterocycles. The molecule has 0 radical (unpaired) electrons. The predicted octanol–water partition coefficient (Wildman–Crippen LogP) is 6.22. The van der Waals surface area contributed by atoms with Crippen LogP contribution in [0.25, 0.3) is 10.9 Å². The van der Waals surface area contributed by atoms with Gasteiger partial charge in [-0.25, -0.2) is 0 Å². The van der Waals surface area contributed by atoms with Gasteiger partial charge in [0.25, 0.3) is 5.91 Å². The Morgan fingerprint density at radius 3 is 2.55 bits per heavy atom. The number of pyridine rings is 1. The number of anilines is 2. The Morgan fingerprint density at radius 1 is 1.12 bits per heavy atom. The molecule has 0 spiro atoms. The van der Waals surface area contributed by atoms with Gasteiger partial charge in [-0.3, -0.25) is 9.78 Å². The molecule has 1 N–H and O–H groups in total. The van der Waals surface area contributed by atoms with Gasteiger partial charge in [-0.1, -0.05) is 79.6 Å². The van der Waals surface area contributed by atoms with Gasteiger partial charge in [0, 0.05) is 41.5 Å². The maximum atomic E-state index is 13.1. The Kier molecular flexibility index (Phi) is 5.94. The molecule has 3 aromatic rings. The second-order valence-electron chi connectivity index (χ2n) is 8.83. The summed E-state index contributed by atoms with van der Waals surface area (Å²) in [6.45, 7) is 4.29. The Hall–Kier alpha value is -3.11. The number of carbonyl (C=O) groups excluding carboxylic acids is 1. The number of amides is 1. The number of hydrogen-bond acceptors (Lipinski definition) is 3. The molecule has 5 heteroatoms. The fourth-order valence-corrected chi connectivity index (χ4v) is 4.62. The predicted molar refractivity (Wildman–Crippen MR) is 137 cm³/mol. The minimum atomic E-state index is -1.20. The average Bonchev–Trinajstić information content (AvgIpc) is 2.79. The fraction of sp³-hybridized carbons (Fsp3) is 0.286. The van der Waals surface area contributed by atoms with E-state index in [1.807, 2.05) is 48.6 Å². The van der Waals surface area contributed by atoms with Crippen molar-refractivity contribution < 1.29 is 4.79 Å². The zero-order chi connectivity index (χ0) is 22.8. The molecule has 4 nitrogen and oxygen atoms in total. The number of aromatic nitrogens is 1. The first-order chi connectivity index (χ1) is 16.1. The van der Waals surface area contributed by atoms with Crippen LogP contribution in [0, 0.1) is 0 Å². The number of allylic oxidation sites excluding steroid dienone is 2. The number of alkyl halides is 1. The molecule has 2 heterocycles. The zero-order valence-corrected chi connectivity index (χ0v) is 19.6. The second kappa shape index (κ2) is 9.03. The number of nitrogens with one attached hydrogen (secondary N) is 1. The number of halogens is 1. The maximum absolute atomic E-state index is 13.1. The lowest BCUT2D eigenvalue weighted by atomic mass is 9.90. The lowest BCUT2D eigenvalue weighted by molar-refractivity contribution is -0.116. The molecule has 1 aliphatic carbocycles. The Bertz CT molecular complexity index is 1220. The topological polar surface area (TPSA) is 45.2 Å². The van der Waals surface area contributed by atoms with E-state index in [0.717, 1.165) is 48.2 Å². The van der Waals surface area contributed by atoms with Gasteiger partial charge in [-0.05, 0) is 42.7 Å². The van der Waals surface area contributed by atoms with Crippen molar-refractivity contribution in [3.63, 3.8) is 0 Å². The van der Waals surface area contributed by atoms with Crippen LogP contribution in [0.2, 0.25) is 0 Å².